The zero-order chi connectivity index (χ0) is 17.2. The number of aliphatic hydroxyl groups is 1. The fourth-order valence-corrected chi connectivity index (χ4v) is 4.15. The van der Waals surface area contributed by atoms with E-state index in [4.69, 9.17) is 4.52 Å². The first kappa shape index (κ1) is 16.7. The van der Waals surface area contributed by atoms with Gasteiger partial charge in [0, 0.05) is 25.4 Å². The van der Waals surface area contributed by atoms with E-state index in [9.17, 15) is 5.11 Å². The van der Waals surface area contributed by atoms with Crippen LogP contribution in [0.25, 0.3) is 0 Å². The lowest BCUT2D eigenvalue weighted by atomic mass is 9.97. The first-order valence-electron chi connectivity index (χ1n) is 9.28. The van der Waals surface area contributed by atoms with Gasteiger partial charge in [0.1, 0.15) is 12.4 Å². The second-order valence-corrected chi connectivity index (χ2v) is 7.30. The summed E-state index contributed by atoms with van der Waals surface area (Å²) in [6, 6.07) is 0. The molecule has 136 valence electrons. The SMILES string of the molecule is Cn1c(CO)nnc1[C@@H]1CCCN(Cc2noc(C3CCCC3)n2)C1. The van der Waals surface area contributed by atoms with Gasteiger partial charge in [0.05, 0.1) is 6.54 Å². The van der Waals surface area contributed by atoms with Gasteiger partial charge in [-0.3, -0.25) is 4.90 Å². The van der Waals surface area contributed by atoms with Crippen LogP contribution in [0.5, 0.6) is 0 Å². The molecule has 1 N–H and O–H groups in total. The predicted octanol–water partition coefficient (Wildman–Crippen LogP) is 1.73. The maximum absolute atomic E-state index is 9.31. The molecule has 1 saturated heterocycles. The van der Waals surface area contributed by atoms with E-state index in [1.54, 1.807) is 0 Å². The zero-order valence-electron chi connectivity index (χ0n) is 14.8. The second-order valence-electron chi connectivity index (χ2n) is 7.30. The number of aromatic nitrogens is 5. The molecule has 4 rings (SSSR count). The van der Waals surface area contributed by atoms with Gasteiger partial charge in [-0.25, -0.2) is 0 Å². The molecule has 2 aromatic heterocycles. The second kappa shape index (κ2) is 7.21. The Kier molecular flexibility index (Phi) is 4.80. The third-order valence-corrected chi connectivity index (χ3v) is 5.56. The van der Waals surface area contributed by atoms with Crippen LogP contribution < -0.4 is 0 Å². The highest BCUT2D eigenvalue weighted by Crippen LogP contribution is 2.33. The highest BCUT2D eigenvalue weighted by atomic mass is 16.5. The Morgan fingerprint density at radius 1 is 1.12 bits per heavy atom. The average molecular weight is 346 g/mol. The molecule has 0 spiro atoms. The van der Waals surface area contributed by atoms with Crippen LogP contribution in [0.1, 0.15) is 73.7 Å². The number of likely N-dealkylation sites (tertiary alicyclic amines) is 1. The number of rotatable bonds is 5. The summed E-state index contributed by atoms with van der Waals surface area (Å²) in [4.78, 5) is 7.00. The van der Waals surface area contributed by atoms with Crippen molar-refractivity contribution in [3.63, 3.8) is 0 Å². The quantitative estimate of drug-likeness (QED) is 0.881. The first-order valence-corrected chi connectivity index (χ1v) is 9.28. The average Bonchev–Trinajstić information content (AvgIpc) is 3.35. The maximum atomic E-state index is 9.31. The van der Waals surface area contributed by atoms with E-state index >= 15 is 0 Å². The molecule has 2 aromatic rings. The standard InChI is InChI=1S/C17H26N6O2/c1-22-15(11-24)19-20-16(22)13-7-4-8-23(9-13)10-14-18-17(25-21-14)12-5-2-3-6-12/h12-13,24H,2-11H2,1H3/t13-/m1/s1. The van der Waals surface area contributed by atoms with Gasteiger partial charge < -0.3 is 14.2 Å². The van der Waals surface area contributed by atoms with E-state index in [0.29, 0.717) is 17.7 Å². The highest BCUT2D eigenvalue weighted by molar-refractivity contribution is 5.04. The highest BCUT2D eigenvalue weighted by Gasteiger charge is 2.28. The fraction of sp³-hybridized carbons (Fsp3) is 0.765. The summed E-state index contributed by atoms with van der Waals surface area (Å²) in [7, 11) is 1.92. The molecule has 1 saturated carbocycles. The minimum absolute atomic E-state index is 0.0766. The molecule has 0 radical (unpaired) electrons. The van der Waals surface area contributed by atoms with Crippen molar-refractivity contribution in [1.29, 1.82) is 0 Å². The molecule has 8 heteroatoms. The number of hydrogen-bond donors (Lipinski definition) is 1. The Labute approximate surface area is 147 Å². The molecule has 2 fully saturated rings. The van der Waals surface area contributed by atoms with Gasteiger partial charge in [-0.15, -0.1) is 10.2 Å². The topological polar surface area (TPSA) is 93.1 Å². The summed E-state index contributed by atoms with van der Waals surface area (Å²) in [5.74, 6) is 3.97. The molecule has 25 heavy (non-hydrogen) atoms. The molecule has 2 aliphatic rings. The molecule has 1 aliphatic carbocycles. The van der Waals surface area contributed by atoms with Crippen LogP contribution in [-0.4, -0.2) is 48.0 Å². The van der Waals surface area contributed by atoms with E-state index in [1.165, 1.54) is 25.7 Å². The van der Waals surface area contributed by atoms with Crippen molar-refractivity contribution >= 4 is 0 Å². The van der Waals surface area contributed by atoms with Crippen molar-refractivity contribution in [3.8, 4) is 0 Å². The molecule has 3 heterocycles. The van der Waals surface area contributed by atoms with Crippen molar-refractivity contribution in [2.24, 2.45) is 7.05 Å². The summed E-state index contributed by atoms with van der Waals surface area (Å²) in [5.41, 5.74) is 0. The third kappa shape index (κ3) is 3.46. The van der Waals surface area contributed by atoms with Crippen LogP contribution in [0.3, 0.4) is 0 Å². The van der Waals surface area contributed by atoms with Crippen molar-refractivity contribution in [2.75, 3.05) is 13.1 Å². The third-order valence-electron chi connectivity index (χ3n) is 5.56. The van der Waals surface area contributed by atoms with Crippen LogP contribution in [0.15, 0.2) is 4.52 Å². The maximum Gasteiger partial charge on any atom is 0.229 e. The summed E-state index contributed by atoms with van der Waals surface area (Å²) < 4.78 is 7.41. The van der Waals surface area contributed by atoms with E-state index in [1.807, 2.05) is 11.6 Å². The summed E-state index contributed by atoms with van der Waals surface area (Å²) in [5, 5.41) is 21.9. The summed E-state index contributed by atoms with van der Waals surface area (Å²) in [6.07, 6.45) is 7.08. The molecule has 0 bridgehead atoms. The Morgan fingerprint density at radius 3 is 2.68 bits per heavy atom. The zero-order valence-corrected chi connectivity index (χ0v) is 14.8. The minimum Gasteiger partial charge on any atom is -0.388 e. The normalized spacial score (nSPS) is 22.7. The van der Waals surface area contributed by atoms with E-state index < -0.39 is 0 Å². The van der Waals surface area contributed by atoms with Gasteiger partial charge in [-0.1, -0.05) is 18.0 Å². The molecule has 0 amide bonds. The van der Waals surface area contributed by atoms with Gasteiger partial charge >= 0.3 is 0 Å². The molecular weight excluding hydrogens is 320 g/mol. The van der Waals surface area contributed by atoms with E-state index in [0.717, 1.165) is 50.0 Å². The van der Waals surface area contributed by atoms with Crippen LogP contribution in [-0.2, 0) is 20.2 Å². The predicted molar refractivity (Wildman–Crippen MR) is 89.7 cm³/mol. The number of aliphatic hydroxyl groups excluding tert-OH is 1. The molecule has 1 atom stereocenters. The lowest BCUT2D eigenvalue weighted by Gasteiger charge is -2.31. The van der Waals surface area contributed by atoms with Gasteiger partial charge in [-0.2, -0.15) is 4.98 Å². The van der Waals surface area contributed by atoms with E-state index in [-0.39, 0.29) is 6.61 Å². The lowest BCUT2D eigenvalue weighted by Crippen LogP contribution is -2.35. The van der Waals surface area contributed by atoms with Crippen molar-refractivity contribution in [1.82, 2.24) is 29.8 Å². The van der Waals surface area contributed by atoms with Gasteiger partial charge in [0.15, 0.2) is 11.6 Å². The number of piperidine rings is 1. The number of nitrogens with zero attached hydrogens (tertiary/aromatic N) is 6. The Morgan fingerprint density at radius 2 is 1.92 bits per heavy atom. The Bertz CT molecular complexity index is 706. The summed E-state index contributed by atoms with van der Waals surface area (Å²) in [6.45, 7) is 2.59. The Hall–Kier alpha value is -1.80. The molecule has 1 aliphatic heterocycles. The van der Waals surface area contributed by atoms with Crippen LogP contribution in [0.2, 0.25) is 0 Å². The van der Waals surface area contributed by atoms with Crippen LogP contribution in [0, 0.1) is 0 Å². The molecule has 0 unspecified atom stereocenters. The first-order chi connectivity index (χ1) is 12.2. The molecule has 0 aromatic carbocycles. The molecule has 8 nitrogen and oxygen atoms in total. The minimum atomic E-state index is -0.0766. The van der Waals surface area contributed by atoms with Gasteiger partial charge in [0.25, 0.3) is 0 Å². The summed E-state index contributed by atoms with van der Waals surface area (Å²) >= 11 is 0. The number of hydrogen-bond acceptors (Lipinski definition) is 7. The van der Waals surface area contributed by atoms with E-state index in [2.05, 4.69) is 25.2 Å². The lowest BCUT2D eigenvalue weighted by molar-refractivity contribution is 0.188. The van der Waals surface area contributed by atoms with Gasteiger partial charge in [0.2, 0.25) is 5.89 Å². The van der Waals surface area contributed by atoms with Crippen LogP contribution in [0.4, 0.5) is 0 Å². The smallest absolute Gasteiger partial charge is 0.229 e. The van der Waals surface area contributed by atoms with Gasteiger partial charge in [-0.05, 0) is 32.2 Å². The Balaban J connectivity index is 1.40. The van der Waals surface area contributed by atoms with Crippen LogP contribution >= 0.6 is 0 Å². The van der Waals surface area contributed by atoms with Crippen molar-refractivity contribution in [3.05, 3.63) is 23.4 Å². The fourth-order valence-electron chi connectivity index (χ4n) is 4.15. The molecular formula is C17H26N6O2. The largest absolute Gasteiger partial charge is 0.388 e. The van der Waals surface area contributed by atoms with Crippen molar-refractivity contribution in [2.45, 2.75) is 63.5 Å². The monoisotopic (exact) mass is 346 g/mol. The van der Waals surface area contributed by atoms with Crippen molar-refractivity contribution < 1.29 is 9.63 Å².